The zero-order valence-electron chi connectivity index (χ0n) is 8.11. The summed E-state index contributed by atoms with van der Waals surface area (Å²) in [6.07, 6.45) is 0. The molecule has 0 radical (unpaired) electrons. The van der Waals surface area contributed by atoms with Crippen molar-refractivity contribution in [3.63, 3.8) is 0 Å². The molecule has 0 unspecified atom stereocenters. The molecule has 5 heteroatoms. The number of carbonyl (C=O) groups is 1. The quantitative estimate of drug-likeness (QED) is 0.531. The molecule has 0 spiro atoms. The molecule has 1 aromatic rings. The minimum Gasteiger partial charge on any atom is -0.423 e. The summed E-state index contributed by atoms with van der Waals surface area (Å²) in [5.41, 5.74) is 7.21. The molecule has 4 nitrogen and oxygen atoms in total. The average Bonchev–Trinajstić information content (AvgIpc) is 2.01. The largest absolute Gasteiger partial charge is 0.488 e. The Morgan fingerprint density at radius 1 is 1.29 bits per heavy atom. The van der Waals surface area contributed by atoms with Gasteiger partial charge >= 0.3 is 7.12 Å². The Balaban J connectivity index is 3.32. The number of hydrogen-bond donors (Lipinski definition) is 3. The van der Waals surface area contributed by atoms with Crippen LogP contribution < -0.4 is 11.2 Å². The van der Waals surface area contributed by atoms with Gasteiger partial charge in [0, 0.05) is 5.56 Å². The monoisotopic (exact) mass is 193 g/mol. The van der Waals surface area contributed by atoms with Crippen LogP contribution in [-0.2, 0) is 0 Å². The van der Waals surface area contributed by atoms with Gasteiger partial charge in [0.15, 0.2) is 0 Å². The summed E-state index contributed by atoms with van der Waals surface area (Å²) in [4.78, 5) is 10.9. The lowest BCUT2D eigenvalue weighted by atomic mass is 9.74. The Bertz CT molecular complexity index is 353. The smallest absolute Gasteiger partial charge is 0.423 e. The lowest BCUT2D eigenvalue weighted by Crippen LogP contribution is -2.35. The van der Waals surface area contributed by atoms with E-state index in [1.54, 1.807) is 26.0 Å². The van der Waals surface area contributed by atoms with Gasteiger partial charge in [-0.05, 0) is 31.4 Å². The van der Waals surface area contributed by atoms with Crippen LogP contribution in [0.2, 0.25) is 0 Å². The van der Waals surface area contributed by atoms with Crippen molar-refractivity contribution in [2.24, 2.45) is 5.73 Å². The van der Waals surface area contributed by atoms with Crippen LogP contribution in [0.5, 0.6) is 0 Å². The van der Waals surface area contributed by atoms with Crippen molar-refractivity contribution in [3.8, 4) is 0 Å². The Hall–Kier alpha value is -1.33. The molecular formula is C9H12BNO3. The van der Waals surface area contributed by atoms with Gasteiger partial charge in [0.25, 0.3) is 0 Å². The van der Waals surface area contributed by atoms with Gasteiger partial charge in [0.05, 0.1) is 0 Å². The highest BCUT2D eigenvalue weighted by Crippen LogP contribution is 2.06. The van der Waals surface area contributed by atoms with Gasteiger partial charge in [-0.25, -0.2) is 0 Å². The fourth-order valence-corrected chi connectivity index (χ4v) is 1.52. The Morgan fingerprint density at radius 2 is 1.71 bits per heavy atom. The van der Waals surface area contributed by atoms with Gasteiger partial charge in [0.1, 0.15) is 0 Å². The molecule has 14 heavy (non-hydrogen) atoms. The fraction of sp³-hybridized carbons (Fsp3) is 0.222. The summed E-state index contributed by atoms with van der Waals surface area (Å²) in [7, 11) is -1.52. The topological polar surface area (TPSA) is 83.6 Å². The SMILES string of the molecule is Cc1cc(C(N)=O)cc(C)c1B(O)O. The molecule has 1 amide bonds. The number of aryl methyl sites for hydroxylation is 2. The first kappa shape index (κ1) is 10.8. The third-order valence-electron chi connectivity index (χ3n) is 2.14. The van der Waals surface area contributed by atoms with E-state index in [1.807, 2.05) is 0 Å². The van der Waals surface area contributed by atoms with E-state index >= 15 is 0 Å². The molecule has 1 aromatic carbocycles. The molecule has 0 aliphatic heterocycles. The molecular weight excluding hydrogens is 181 g/mol. The van der Waals surface area contributed by atoms with E-state index in [4.69, 9.17) is 15.8 Å². The van der Waals surface area contributed by atoms with E-state index in [0.29, 0.717) is 22.2 Å². The number of primary amides is 1. The number of carbonyl (C=O) groups excluding carboxylic acids is 1. The second kappa shape index (κ2) is 3.81. The Labute approximate surface area is 82.5 Å². The lowest BCUT2D eigenvalue weighted by molar-refractivity contribution is 0.1000. The zero-order chi connectivity index (χ0) is 10.9. The van der Waals surface area contributed by atoms with Crippen LogP contribution in [0.1, 0.15) is 21.5 Å². The summed E-state index contributed by atoms with van der Waals surface area (Å²) >= 11 is 0. The molecule has 0 aliphatic rings. The first-order valence-corrected chi connectivity index (χ1v) is 4.20. The van der Waals surface area contributed by atoms with Gasteiger partial charge in [-0.15, -0.1) is 0 Å². The van der Waals surface area contributed by atoms with Gasteiger partial charge in [-0.1, -0.05) is 11.1 Å². The van der Waals surface area contributed by atoms with Crippen molar-refractivity contribution in [3.05, 3.63) is 28.8 Å². The summed E-state index contributed by atoms with van der Waals surface area (Å²) in [6, 6.07) is 3.09. The van der Waals surface area contributed by atoms with Gasteiger partial charge < -0.3 is 15.8 Å². The van der Waals surface area contributed by atoms with E-state index in [9.17, 15) is 4.79 Å². The van der Waals surface area contributed by atoms with Crippen molar-refractivity contribution in [1.82, 2.24) is 0 Å². The van der Waals surface area contributed by atoms with E-state index < -0.39 is 13.0 Å². The van der Waals surface area contributed by atoms with E-state index in [0.717, 1.165) is 0 Å². The second-order valence-electron chi connectivity index (χ2n) is 3.26. The molecule has 0 aromatic heterocycles. The highest BCUT2D eigenvalue weighted by atomic mass is 16.4. The molecule has 1 rings (SSSR count). The molecule has 0 bridgehead atoms. The summed E-state index contributed by atoms with van der Waals surface area (Å²) in [6.45, 7) is 3.41. The number of nitrogens with two attached hydrogens (primary N) is 1. The normalized spacial score (nSPS) is 10.0. The maximum absolute atomic E-state index is 10.9. The highest BCUT2D eigenvalue weighted by molar-refractivity contribution is 6.59. The third kappa shape index (κ3) is 1.94. The van der Waals surface area contributed by atoms with Crippen LogP contribution in [0.4, 0.5) is 0 Å². The third-order valence-corrected chi connectivity index (χ3v) is 2.14. The maximum atomic E-state index is 10.9. The minimum absolute atomic E-state index is 0.379. The van der Waals surface area contributed by atoms with Crippen LogP contribution >= 0.6 is 0 Å². The van der Waals surface area contributed by atoms with Crippen molar-refractivity contribution in [2.45, 2.75) is 13.8 Å². The van der Waals surface area contributed by atoms with E-state index in [-0.39, 0.29) is 0 Å². The molecule has 0 fully saturated rings. The van der Waals surface area contributed by atoms with Gasteiger partial charge in [-0.2, -0.15) is 0 Å². The number of benzene rings is 1. The number of hydrogen-bond acceptors (Lipinski definition) is 3. The zero-order valence-corrected chi connectivity index (χ0v) is 8.11. The Kier molecular flexibility index (Phi) is 2.93. The van der Waals surface area contributed by atoms with Crippen LogP contribution in [-0.4, -0.2) is 23.1 Å². The van der Waals surface area contributed by atoms with Crippen molar-refractivity contribution in [2.75, 3.05) is 0 Å². The van der Waals surface area contributed by atoms with Crippen LogP contribution in [0.3, 0.4) is 0 Å². The van der Waals surface area contributed by atoms with Crippen molar-refractivity contribution >= 4 is 18.5 Å². The van der Waals surface area contributed by atoms with Gasteiger partial charge in [-0.3, -0.25) is 4.79 Å². The van der Waals surface area contributed by atoms with Crippen LogP contribution in [0.15, 0.2) is 12.1 Å². The van der Waals surface area contributed by atoms with E-state index in [2.05, 4.69) is 0 Å². The van der Waals surface area contributed by atoms with Crippen molar-refractivity contribution in [1.29, 1.82) is 0 Å². The standard InChI is InChI=1S/C9H12BNO3/c1-5-3-7(9(11)12)4-6(2)8(5)10(13)14/h3-4,13-14H,1-2H3,(H2,11,12). The molecule has 74 valence electrons. The molecule has 0 saturated carbocycles. The van der Waals surface area contributed by atoms with Crippen LogP contribution in [0.25, 0.3) is 0 Å². The molecule has 0 heterocycles. The second-order valence-corrected chi connectivity index (χ2v) is 3.26. The lowest BCUT2D eigenvalue weighted by Gasteiger charge is -2.10. The maximum Gasteiger partial charge on any atom is 0.488 e. The van der Waals surface area contributed by atoms with Crippen LogP contribution in [0, 0.1) is 13.8 Å². The van der Waals surface area contributed by atoms with Gasteiger partial charge in [0.2, 0.25) is 5.91 Å². The number of amides is 1. The first-order valence-electron chi connectivity index (χ1n) is 4.20. The predicted molar refractivity (Wildman–Crippen MR) is 54.3 cm³/mol. The summed E-state index contributed by atoms with van der Waals surface area (Å²) < 4.78 is 0. The molecule has 0 saturated heterocycles. The summed E-state index contributed by atoms with van der Waals surface area (Å²) in [5, 5.41) is 18.1. The minimum atomic E-state index is -1.52. The Morgan fingerprint density at radius 3 is 2.00 bits per heavy atom. The van der Waals surface area contributed by atoms with Crippen molar-refractivity contribution < 1.29 is 14.8 Å². The predicted octanol–water partition coefficient (Wildman–Crippen LogP) is -0.918. The highest BCUT2D eigenvalue weighted by Gasteiger charge is 2.18. The number of rotatable bonds is 2. The fourth-order valence-electron chi connectivity index (χ4n) is 1.52. The average molecular weight is 193 g/mol. The van der Waals surface area contributed by atoms with E-state index in [1.165, 1.54) is 0 Å². The molecule has 0 aliphatic carbocycles. The molecule has 0 atom stereocenters. The first-order chi connectivity index (χ1) is 6.43. The molecule has 4 N–H and O–H groups in total. The summed E-state index contributed by atoms with van der Waals surface area (Å²) in [5.74, 6) is -0.518.